The Bertz CT molecular complexity index is 945. The van der Waals surface area contributed by atoms with E-state index in [1.54, 1.807) is 24.4 Å². The number of hydrogen-bond donors (Lipinski definition) is 2. The lowest BCUT2D eigenvalue weighted by Crippen LogP contribution is -2.34. The van der Waals surface area contributed by atoms with Crippen LogP contribution >= 0.6 is 12.2 Å². The van der Waals surface area contributed by atoms with Crippen molar-refractivity contribution in [1.29, 1.82) is 0 Å². The molecule has 0 unspecified atom stereocenters. The van der Waals surface area contributed by atoms with E-state index >= 15 is 0 Å². The van der Waals surface area contributed by atoms with E-state index in [2.05, 4.69) is 15.6 Å². The number of hydrogen-bond acceptors (Lipinski definition) is 4. The topological polar surface area (TPSA) is 63.2 Å². The van der Waals surface area contributed by atoms with E-state index in [1.165, 1.54) is 0 Å². The number of amides is 1. The molecule has 0 aliphatic rings. The molecular formula is C21H19N3O2S. The van der Waals surface area contributed by atoms with Crippen LogP contribution in [-0.2, 0) is 6.61 Å². The molecular weight excluding hydrogens is 358 g/mol. The molecule has 0 aliphatic heterocycles. The van der Waals surface area contributed by atoms with Crippen molar-refractivity contribution in [3.8, 4) is 5.75 Å². The summed E-state index contributed by atoms with van der Waals surface area (Å²) >= 11 is 5.19. The Balaban J connectivity index is 1.58. The molecule has 1 aromatic heterocycles. The van der Waals surface area contributed by atoms with Crippen molar-refractivity contribution in [2.75, 3.05) is 5.32 Å². The molecule has 6 heteroatoms. The van der Waals surface area contributed by atoms with Gasteiger partial charge >= 0.3 is 0 Å². The molecule has 2 aromatic carbocycles. The van der Waals surface area contributed by atoms with Crippen LogP contribution in [0.5, 0.6) is 5.75 Å². The van der Waals surface area contributed by atoms with E-state index < -0.39 is 0 Å². The molecule has 2 N–H and O–H groups in total. The van der Waals surface area contributed by atoms with Crippen LogP contribution in [0.1, 0.15) is 21.5 Å². The molecule has 0 radical (unpaired) electrons. The summed E-state index contributed by atoms with van der Waals surface area (Å²) in [6, 6.07) is 20.5. The average molecular weight is 377 g/mol. The Labute approximate surface area is 163 Å². The van der Waals surface area contributed by atoms with Crippen molar-refractivity contribution in [2.24, 2.45) is 0 Å². The predicted octanol–water partition coefficient (Wildman–Crippen LogP) is 4.10. The quantitative estimate of drug-likeness (QED) is 0.656. The van der Waals surface area contributed by atoms with Gasteiger partial charge in [0.05, 0.1) is 0 Å². The molecule has 5 nitrogen and oxygen atoms in total. The number of nitrogens with one attached hydrogen (secondary N) is 2. The predicted molar refractivity (Wildman–Crippen MR) is 110 cm³/mol. The van der Waals surface area contributed by atoms with Gasteiger partial charge in [-0.25, -0.2) is 4.98 Å². The summed E-state index contributed by atoms with van der Waals surface area (Å²) in [6.07, 6.45) is 1.68. The number of pyridine rings is 1. The van der Waals surface area contributed by atoms with Gasteiger partial charge in [0.1, 0.15) is 18.2 Å². The number of carbonyl (C=O) groups is 1. The van der Waals surface area contributed by atoms with Gasteiger partial charge in [-0.05, 0) is 60.6 Å². The Hall–Kier alpha value is -3.25. The zero-order valence-corrected chi connectivity index (χ0v) is 15.6. The maximum Gasteiger partial charge on any atom is 0.257 e. The average Bonchev–Trinajstić information content (AvgIpc) is 2.67. The van der Waals surface area contributed by atoms with Gasteiger partial charge in [-0.1, -0.05) is 36.4 Å². The summed E-state index contributed by atoms with van der Waals surface area (Å²) in [4.78, 5) is 16.6. The molecule has 0 fully saturated rings. The minimum absolute atomic E-state index is 0.189. The number of anilines is 1. The van der Waals surface area contributed by atoms with Crippen molar-refractivity contribution in [2.45, 2.75) is 13.5 Å². The van der Waals surface area contributed by atoms with Crippen LogP contribution in [0.3, 0.4) is 0 Å². The fraction of sp³-hybridized carbons (Fsp3) is 0.0952. The molecule has 0 saturated carbocycles. The first kappa shape index (κ1) is 18.5. The van der Waals surface area contributed by atoms with Crippen LogP contribution in [0.4, 0.5) is 5.82 Å². The number of carbonyl (C=O) groups excluding carboxylic acids is 1. The molecule has 0 saturated heterocycles. The van der Waals surface area contributed by atoms with Crippen LogP contribution in [0.2, 0.25) is 0 Å². The van der Waals surface area contributed by atoms with E-state index in [0.29, 0.717) is 23.7 Å². The second-order valence-electron chi connectivity index (χ2n) is 5.93. The van der Waals surface area contributed by atoms with E-state index in [9.17, 15) is 4.79 Å². The molecule has 1 amide bonds. The van der Waals surface area contributed by atoms with E-state index in [4.69, 9.17) is 17.0 Å². The molecule has 0 spiro atoms. The van der Waals surface area contributed by atoms with Gasteiger partial charge in [-0.3, -0.25) is 10.1 Å². The summed E-state index contributed by atoms with van der Waals surface area (Å²) in [5, 5.41) is 5.74. The van der Waals surface area contributed by atoms with Crippen molar-refractivity contribution in [3.05, 3.63) is 89.6 Å². The molecule has 0 aliphatic carbocycles. The monoisotopic (exact) mass is 377 g/mol. The van der Waals surface area contributed by atoms with Gasteiger partial charge in [0.15, 0.2) is 5.11 Å². The Morgan fingerprint density at radius 2 is 1.89 bits per heavy atom. The zero-order chi connectivity index (χ0) is 19.1. The summed E-state index contributed by atoms with van der Waals surface area (Å²) in [7, 11) is 0. The molecule has 3 aromatic rings. The van der Waals surface area contributed by atoms with Crippen molar-refractivity contribution < 1.29 is 9.53 Å². The minimum atomic E-state index is -0.315. The minimum Gasteiger partial charge on any atom is -0.489 e. The van der Waals surface area contributed by atoms with Crippen LogP contribution in [0.25, 0.3) is 0 Å². The summed E-state index contributed by atoms with van der Waals surface area (Å²) in [6.45, 7) is 2.39. The molecule has 3 rings (SSSR count). The number of aryl methyl sites for hydroxylation is 1. The first-order valence-electron chi connectivity index (χ1n) is 8.42. The normalized spacial score (nSPS) is 10.1. The summed E-state index contributed by atoms with van der Waals surface area (Å²) < 4.78 is 5.76. The number of thiocarbonyl (C=S) groups is 1. The van der Waals surface area contributed by atoms with E-state index in [-0.39, 0.29) is 11.0 Å². The second kappa shape index (κ2) is 8.91. The van der Waals surface area contributed by atoms with Gasteiger partial charge in [0, 0.05) is 11.8 Å². The third-order valence-corrected chi connectivity index (χ3v) is 3.93. The highest BCUT2D eigenvalue weighted by molar-refractivity contribution is 7.80. The summed E-state index contributed by atoms with van der Waals surface area (Å²) in [5.74, 6) is 0.885. The lowest BCUT2D eigenvalue weighted by molar-refractivity contribution is 0.0977. The zero-order valence-electron chi connectivity index (χ0n) is 14.8. The Morgan fingerprint density at radius 1 is 1.07 bits per heavy atom. The highest BCUT2D eigenvalue weighted by Crippen LogP contribution is 2.15. The SMILES string of the molecule is Cc1ccnc(NC(=S)NC(=O)c2cccc(OCc3ccccc3)c2)c1. The lowest BCUT2D eigenvalue weighted by Gasteiger charge is -2.11. The van der Waals surface area contributed by atoms with Crippen LogP contribution in [0, 0.1) is 6.92 Å². The number of ether oxygens (including phenoxy) is 1. The first-order valence-corrected chi connectivity index (χ1v) is 8.83. The molecule has 27 heavy (non-hydrogen) atoms. The molecule has 136 valence electrons. The van der Waals surface area contributed by atoms with Gasteiger partial charge in [-0.2, -0.15) is 0 Å². The summed E-state index contributed by atoms with van der Waals surface area (Å²) in [5.41, 5.74) is 2.56. The van der Waals surface area contributed by atoms with Gasteiger partial charge in [0.25, 0.3) is 5.91 Å². The highest BCUT2D eigenvalue weighted by Gasteiger charge is 2.09. The standard InChI is InChI=1S/C21H19N3O2S/c1-15-10-11-22-19(12-15)23-21(27)24-20(25)17-8-5-9-18(13-17)26-14-16-6-3-2-4-7-16/h2-13H,14H2,1H3,(H2,22,23,24,25,27). The number of rotatable bonds is 5. The van der Waals surface area contributed by atoms with Gasteiger partial charge in [0.2, 0.25) is 0 Å². The van der Waals surface area contributed by atoms with Crippen LogP contribution in [0.15, 0.2) is 72.9 Å². The van der Waals surface area contributed by atoms with Crippen LogP contribution < -0.4 is 15.4 Å². The lowest BCUT2D eigenvalue weighted by atomic mass is 10.2. The van der Waals surface area contributed by atoms with E-state index in [1.807, 2.05) is 55.5 Å². The molecule has 1 heterocycles. The number of benzene rings is 2. The Kier molecular flexibility index (Phi) is 6.12. The van der Waals surface area contributed by atoms with Crippen LogP contribution in [-0.4, -0.2) is 16.0 Å². The molecule has 0 atom stereocenters. The fourth-order valence-corrected chi connectivity index (χ4v) is 2.59. The number of aromatic nitrogens is 1. The molecule has 0 bridgehead atoms. The highest BCUT2D eigenvalue weighted by atomic mass is 32.1. The maximum absolute atomic E-state index is 12.4. The maximum atomic E-state index is 12.4. The second-order valence-corrected chi connectivity index (χ2v) is 6.34. The van der Waals surface area contributed by atoms with Crippen molar-refractivity contribution >= 4 is 29.1 Å². The van der Waals surface area contributed by atoms with Crippen molar-refractivity contribution in [3.63, 3.8) is 0 Å². The fourth-order valence-electron chi connectivity index (χ4n) is 2.40. The third kappa shape index (κ3) is 5.62. The third-order valence-electron chi connectivity index (χ3n) is 3.73. The van der Waals surface area contributed by atoms with Gasteiger partial charge in [-0.15, -0.1) is 0 Å². The Morgan fingerprint density at radius 3 is 2.67 bits per heavy atom. The largest absolute Gasteiger partial charge is 0.489 e. The first-order chi connectivity index (χ1) is 13.1. The van der Waals surface area contributed by atoms with Gasteiger partial charge < -0.3 is 10.1 Å². The number of nitrogens with zero attached hydrogens (tertiary/aromatic N) is 1. The van der Waals surface area contributed by atoms with Crippen molar-refractivity contribution in [1.82, 2.24) is 10.3 Å². The van der Waals surface area contributed by atoms with E-state index in [0.717, 1.165) is 11.1 Å². The smallest absolute Gasteiger partial charge is 0.257 e.